The van der Waals surface area contributed by atoms with Crippen molar-refractivity contribution in [2.75, 3.05) is 0 Å². The maximum Gasteiger partial charge on any atom is 0.305 e. The molecule has 1 amide bonds. The Kier molecular flexibility index (Phi) is 6.81. The van der Waals surface area contributed by atoms with Gasteiger partial charge in [-0.15, -0.1) is 0 Å². The molecule has 0 aromatic heterocycles. The van der Waals surface area contributed by atoms with Gasteiger partial charge in [-0.3, -0.25) is 9.59 Å². The highest BCUT2D eigenvalue weighted by molar-refractivity contribution is 6.42. The van der Waals surface area contributed by atoms with Crippen molar-refractivity contribution < 1.29 is 19.4 Å². The first-order chi connectivity index (χ1) is 13.4. The van der Waals surface area contributed by atoms with E-state index in [1.165, 1.54) is 25.0 Å². The summed E-state index contributed by atoms with van der Waals surface area (Å²) in [5.74, 6) is -0.678. The van der Waals surface area contributed by atoms with Crippen LogP contribution >= 0.6 is 23.2 Å². The monoisotopic (exact) mass is 421 g/mol. The van der Waals surface area contributed by atoms with Crippen molar-refractivity contribution in [3.05, 3.63) is 63.6 Å². The summed E-state index contributed by atoms with van der Waals surface area (Å²) < 4.78 is 5.94. The largest absolute Gasteiger partial charge is 0.490 e. The molecule has 1 atom stereocenters. The van der Waals surface area contributed by atoms with E-state index in [0.29, 0.717) is 16.1 Å². The van der Waals surface area contributed by atoms with Crippen LogP contribution in [-0.2, 0) is 4.79 Å². The number of amides is 1. The fourth-order valence-electron chi connectivity index (χ4n) is 3.28. The first-order valence-electron chi connectivity index (χ1n) is 9.16. The van der Waals surface area contributed by atoms with E-state index in [9.17, 15) is 14.7 Å². The van der Waals surface area contributed by atoms with Gasteiger partial charge in [-0.2, -0.15) is 0 Å². The number of carboxylic acid groups (broad SMARTS) is 1. The molecule has 0 saturated heterocycles. The Morgan fingerprint density at radius 2 is 1.75 bits per heavy atom. The number of aliphatic carboxylic acids is 1. The van der Waals surface area contributed by atoms with Gasteiger partial charge in [0.15, 0.2) is 0 Å². The van der Waals surface area contributed by atoms with Crippen LogP contribution in [0, 0.1) is 0 Å². The molecule has 1 fully saturated rings. The van der Waals surface area contributed by atoms with Crippen LogP contribution in [-0.4, -0.2) is 23.1 Å². The predicted molar refractivity (Wildman–Crippen MR) is 108 cm³/mol. The summed E-state index contributed by atoms with van der Waals surface area (Å²) >= 11 is 11.8. The van der Waals surface area contributed by atoms with E-state index < -0.39 is 17.9 Å². The van der Waals surface area contributed by atoms with E-state index in [4.69, 9.17) is 27.9 Å². The van der Waals surface area contributed by atoms with Gasteiger partial charge in [0.25, 0.3) is 5.91 Å². The fourth-order valence-corrected chi connectivity index (χ4v) is 3.58. The molecule has 2 aromatic rings. The number of halogens is 2. The van der Waals surface area contributed by atoms with Gasteiger partial charge in [0.05, 0.1) is 28.6 Å². The van der Waals surface area contributed by atoms with Gasteiger partial charge < -0.3 is 15.2 Å². The molecule has 28 heavy (non-hydrogen) atoms. The lowest BCUT2D eigenvalue weighted by atomic mass is 10.0. The molecule has 1 saturated carbocycles. The van der Waals surface area contributed by atoms with Crippen LogP contribution in [0.25, 0.3) is 0 Å². The van der Waals surface area contributed by atoms with Gasteiger partial charge in [-0.05, 0) is 61.6 Å². The van der Waals surface area contributed by atoms with E-state index in [2.05, 4.69) is 5.32 Å². The van der Waals surface area contributed by atoms with Crippen molar-refractivity contribution >= 4 is 35.1 Å². The van der Waals surface area contributed by atoms with Crippen molar-refractivity contribution in [1.82, 2.24) is 5.32 Å². The first kappa shape index (κ1) is 20.5. The number of hydrogen-bond donors (Lipinski definition) is 2. The smallest absolute Gasteiger partial charge is 0.305 e. The Labute approximate surface area is 173 Å². The third-order valence-electron chi connectivity index (χ3n) is 4.75. The Morgan fingerprint density at radius 1 is 1.07 bits per heavy atom. The minimum Gasteiger partial charge on any atom is -0.490 e. The SMILES string of the molecule is O=C(O)C[C@H](NC(=O)c1ccc(Cl)c(Cl)c1)c1ccc(OC2CCCC2)cc1. The third-order valence-corrected chi connectivity index (χ3v) is 5.49. The zero-order chi connectivity index (χ0) is 20.1. The molecule has 0 radical (unpaired) electrons. The molecule has 148 valence electrons. The number of rotatable bonds is 7. The van der Waals surface area contributed by atoms with Crippen molar-refractivity contribution in [2.45, 2.75) is 44.2 Å². The minimum absolute atomic E-state index is 0.240. The van der Waals surface area contributed by atoms with Gasteiger partial charge >= 0.3 is 5.97 Å². The molecular weight excluding hydrogens is 401 g/mol. The van der Waals surface area contributed by atoms with Crippen molar-refractivity contribution in [2.24, 2.45) is 0 Å². The zero-order valence-electron chi connectivity index (χ0n) is 15.2. The molecule has 2 aromatic carbocycles. The summed E-state index contributed by atoms with van der Waals surface area (Å²) in [6.45, 7) is 0. The molecule has 2 N–H and O–H groups in total. The van der Waals surface area contributed by atoms with Crippen LogP contribution in [0.1, 0.15) is 54.1 Å². The van der Waals surface area contributed by atoms with Crippen LogP contribution in [0.3, 0.4) is 0 Å². The molecule has 0 bridgehead atoms. The molecule has 3 rings (SSSR count). The summed E-state index contributed by atoms with van der Waals surface area (Å²) in [5.41, 5.74) is 1.00. The maximum absolute atomic E-state index is 12.5. The zero-order valence-corrected chi connectivity index (χ0v) is 16.7. The Bertz CT molecular complexity index is 848. The number of benzene rings is 2. The number of carbonyl (C=O) groups is 2. The third kappa shape index (κ3) is 5.40. The number of carbonyl (C=O) groups excluding carboxylic acids is 1. The van der Waals surface area contributed by atoms with Gasteiger partial charge in [0.1, 0.15) is 5.75 Å². The minimum atomic E-state index is -1.01. The second-order valence-corrected chi connectivity index (χ2v) is 7.66. The van der Waals surface area contributed by atoms with Crippen LogP contribution in [0.2, 0.25) is 10.0 Å². The van der Waals surface area contributed by atoms with E-state index in [-0.39, 0.29) is 17.5 Å². The van der Waals surface area contributed by atoms with E-state index >= 15 is 0 Å². The molecule has 0 heterocycles. The molecule has 0 unspecified atom stereocenters. The molecule has 1 aliphatic rings. The molecule has 7 heteroatoms. The van der Waals surface area contributed by atoms with Crippen LogP contribution in [0.5, 0.6) is 5.75 Å². The lowest BCUT2D eigenvalue weighted by molar-refractivity contribution is -0.137. The number of nitrogens with one attached hydrogen (secondary N) is 1. The van der Waals surface area contributed by atoms with Gasteiger partial charge in [-0.25, -0.2) is 0 Å². The molecule has 1 aliphatic carbocycles. The highest BCUT2D eigenvalue weighted by Crippen LogP contribution is 2.27. The summed E-state index contributed by atoms with van der Waals surface area (Å²) in [7, 11) is 0. The van der Waals surface area contributed by atoms with E-state index in [1.54, 1.807) is 18.2 Å². The second-order valence-electron chi connectivity index (χ2n) is 6.85. The molecule has 0 aliphatic heterocycles. The number of hydrogen-bond acceptors (Lipinski definition) is 3. The van der Waals surface area contributed by atoms with Crippen LogP contribution in [0.4, 0.5) is 0 Å². The molecule has 0 spiro atoms. The van der Waals surface area contributed by atoms with Crippen molar-refractivity contribution in [3.63, 3.8) is 0 Å². The Balaban J connectivity index is 1.72. The molecule has 5 nitrogen and oxygen atoms in total. The normalized spacial score (nSPS) is 15.2. The maximum atomic E-state index is 12.5. The summed E-state index contributed by atoms with van der Waals surface area (Å²) in [5, 5.41) is 12.6. The summed E-state index contributed by atoms with van der Waals surface area (Å²) in [4.78, 5) is 23.8. The lowest BCUT2D eigenvalue weighted by Crippen LogP contribution is -2.30. The predicted octanol–water partition coefficient (Wildman–Crippen LogP) is 5.26. The van der Waals surface area contributed by atoms with Gasteiger partial charge in [-0.1, -0.05) is 35.3 Å². The van der Waals surface area contributed by atoms with Gasteiger partial charge in [0, 0.05) is 5.56 Å². The highest BCUT2D eigenvalue weighted by Gasteiger charge is 2.20. The second kappa shape index (κ2) is 9.30. The van der Waals surface area contributed by atoms with Gasteiger partial charge in [0.2, 0.25) is 0 Å². The van der Waals surface area contributed by atoms with E-state index in [1.807, 2.05) is 12.1 Å². The quantitative estimate of drug-likeness (QED) is 0.638. The Hall–Kier alpha value is -2.24. The van der Waals surface area contributed by atoms with E-state index in [0.717, 1.165) is 18.6 Å². The standard InChI is InChI=1S/C21H21Cl2NO4/c22-17-10-7-14(11-18(17)23)21(27)24-19(12-20(25)26)13-5-8-16(9-6-13)28-15-3-1-2-4-15/h5-11,15,19H,1-4,12H2,(H,24,27)(H,25,26)/t19-/m0/s1. The lowest BCUT2D eigenvalue weighted by Gasteiger charge is -2.19. The number of ether oxygens (including phenoxy) is 1. The average Bonchev–Trinajstić information content (AvgIpc) is 3.16. The first-order valence-corrected chi connectivity index (χ1v) is 9.92. The van der Waals surface area contributed by atoms with Crippen LogP contribution in [0.15, 0.2) is 42.5 Å². The fraction of sp³-hybridized carbons (Fsp3) is 0.333. The number of carboxylic acids is 1. The van der Waals surface area contributed by atoms with Crippen LogP contribution < -0.4 is 10.1 Å². The Morgan fingerprint density at radius 3 is 2.36 bits per heavy atom. The highest BCUT2D eigenvalue weighted by atomic mass is 35.5. The molecular formula is C21H21Cl2NO4. The average molecular weight is 422 g/mol. The van der Waals surface area contributed by atoms with Crippen molar-refractivity contribution in [3.8, 4) is 5.75 Å². The summed E-state index contributed by atoms with van der Waals surface area (Å²) in [6, 6.07) is 11.0. The van der Waals surface area contributed by atoms with Crippen molar-refractivity contribution in [1.29, 1.82) is 0 Å². The summed E-state index contributed by atoms with van der Waals surface area (Å²) in [6.07, 6.45) is 4.49. The topological polar surface area (TPSA) is 75.6 Å².